The molecule has 6 heteroatoms. The molecule has 1 saturated heterocycles. The SMILES string of the molecule is O=S1(=O)CCCCC1c1cn2c(n1)CC(CO)CC2. The molecule has 2 aliphatic rings. The van der Waals surface area contributed by atoms with Crippen molar-refractivity contribution in [2.75, 3.05) is 12.4 Å². The second kappa shape index (κ2) is 4.90. The summed E-state index contributed by atoms with van der Waals surface area (Å²) in [6.45, 7) is 1.02. The van der Waals surface area contributed by atoms with Crippen LogP contribution in [0.3, 0.4) is 0 Å². The first-order chi connectivity index (χ1) is 9.10. The monoisotopic (exact) mass is 284 g/mol. The van der Waals surface area contributed by atoms with Gasteiger partial charge in [0.1, 0.15) is 11.1 Å². The number of imidazole rings is 1. The Hall–Kier alpha value is -0.880. The van der Waals surface area contributed by atoms with E-state index in [0.717, 1.165) is 38.1 Å². The van der Waals surface area contributed by atoms with Crippen molar-refractivity contribution in [3.63, 3.8) is 0 Å². The molecule has 2 atom stereocenters. The number of aryl methyl sites for hydroxylation is 1. The molecule has 1 N–H and O–H groups in total. The van der Waals surface area contributed by atoms with Gasteiger partial charge in [0.05, 0.1) is 11.4 Å². The summed E-state index contributed by atoms with van der Waals surface area (Å²) in [5.41, 5.74) is 0.716. The maximum atomic E-state index is 12.1. The molecule has 0 saturated carbocycles. The van der Waals surface area contributed by atoms with Gasteiger partial charge in [0, 0.05) is 25.8 Å². The predicted octanol–water partition coefficient (Wildman–Crippen LogP) is 1.08. The number of rotatable bonds is 2. The van der Waals surface area contributed by atoms with Gasteiger partial charge in [-0.3, -0.25) is 0 Å². The van der Waals surface area contributed by atoms with Crippen molar-refractivity contribution in [2.24, 2.45) is 5.92 Å². The topological polar surface area (TPSA) is 72.2 Å². The fourth-order valence-corrected chi connectivity index (χ4v) is 5.01. The van der Waals surface area contributed by atoms with Crippen molar-refractivity contribution < 1.29 is 13.5 Å². The summed E-state index contributed by atoms with van der Waals surface area (Å²) in [5.74, 6) is 1.49. The van der Waals surface area contributed by atoms with E-state index in [4.69, 9.17) is 0 Å². The molecule has 0 aromatic carbocycles. The zero-order valence-corrected chi connectivity index (χ0v) is 11.8. The number of aromatic nitrogens is 2. The van der Waals surface area contributed by atoms with Crippen molar-refractivity contribution in [1.29, 1.82) is 0 Å². The number of aliphatic hydroxyl groups excluding tert-OH is 1. The standard InChI is InChI=1S/C13H20N2O3S/c16-9-10-4-5-15-8-11(14-13(15)7-10)12-3-1-2-6-19(12,17)18/h8,10,12,16H,1-7,9H2. The van der Waals surface area contributed by atoms with Crippen LogP contribution in [-0.4, -0.2) is 35.4 Å². The molecule has 0 bridgehead atoms. The molecule has 2 aliphatic heterocycles. The Kier molecular flexibility index (Phi) is 3.39. The molecule has 19 heavy (non-hydrogen) atoms. The lowest BCUT2D eigenvalue weighted by Gasteiger charge is -2.20. The summed E-state index contributed by atoms with van der Waals surface area (Å²) in [7, 11) is -3.02. The lowest BCUT2D eigenvalue weighted by Crippen LogP contribution is -2.22. The number of fused-ring (bicyclic) bond motifs is 1. The first kappa shape index (κ1) is 13.1. The number of hydrogen-bond donors (Lipinski definition) is 1. The van der Waals surface area contributed by atoms with Gasteiger partial charge in [0.2, 0.25) is 0 Å². The molecule has 5 nitrogen and oxygen atoms in total. The van der Waals surface area contributed by atoms with Gasteiger partial charge in [-0.25, -0.2) is 13.4 Å². The van der Waals surface area contributed by atoms with Gasteiger partial charge < -0.3 is 9.67 Å². The Balaban J connectivity index is 1.89. The van der Waals surface area contributed by atoms with Crippen molar-refractivity contribution in [1.82, 2.24) is 9.55 Å². The highest BCUT2D eigenvalue weighted by Crippen LogP contribution is 2.33. The number of sulfone groups is 1. The summed E-state index contributed by atoms with van der Waals surface area (Å²) in [4.78, 5) is 4.54. The average Bonchev–Trinajstić information content (AvgIpc) is 2.80. The van der Waals surface area contributed by atoms with Gasteiger partial charge in [-0.05, 0) is 25.2 Å². The lowest BCUT2D eigenvalue weighted by molar-refractivity contribution is 0.199. The van der Waals surface area contributed by atoms with Crippen LogP contribution in [0.1, 0.15) is 42.5 Å². The van der Waals surface area contributed by atoms with Crippen molar-refractivity contribution >= 4 is 9.84 Å². The van der Waals surface area contributed by atoms with E-state index in [2.05, 4.69) is 9.55 Å². The van der Waals surface area contributed by atoms with Crippen LogP contribution in [-0.2, 0) is 22.8 Å². The number of nitrogens with zero attached hydrogens (tertiary/aromatic N) is 2. The van der Waals surface area contributed by atoms with Crippen molar-refractivity contribution in [3.8, 4) is 0 Å². The van der Waals surface area contributed by atoms with Gasteiger partial charge >= 0.3 is 0 Å². The third-order valence-corrected chi connectivity index (χ3v) is 6.50. The highest BCUT2D eigenvalue weighted by Gasteiger charge is 2.33. The molecule has 2 unspecified atom stereocenters. The van der Waals surface area contributed by atoms with Gasteiger partial charge in [0.25, 0.3) is 0 Å². The van der Waals surface area contributed by atoms with E-state index in [1.165, 1.54) is 0 Å². The molecule has 0 amide bonds. The minimum absolute atomic E-state index is 0.184. The largest absolute Gasteiger partial charge is 0.396 e. The Bertz CT molecular complexity index is 564. The smallest absolute Gasteiger partial charge is 0.158 e. The first-order valence-electron chi connectivity index (χ1n) is 6.98. The van der Waals surface area contributed by atoms with Gasteiger partial charge in [-0.15, -0.1) is 0 Å². The second-order valence-corrected chi connectivity index (χ2v) is 7.97. The van der Waals surface area contributed by atoms with Crippen molar-refractivity contribution in [3.05, 3.63) is 17.7 Å². The summed E-state index contributed by atoms with van der Waals surface area (Å²) in [5, 5.41) is 8.81. The van der Waals surface area contributed by atoms with Crippen LogP contribution in [0.5, 0.6) is 0 Å². The van der Waals surface area contributed by atoms with E-state index < -0.39 is 15.1 Å². The van der Waals surface area contributed by atoms with Crippen LogP contribution in [0.2, 0.25) is 0 Å². The fourth-order valence-electron chi connectivity index (χ4n) is 3.11. The Labute approximate surface area is 113 Å². The maximum absolute atomic E-state index is 12.1. The highest BCUT2D eigenvalue weighted by atomic mass is 32.2. The normalized spacial score (nSPS) is 29.9. The summed E-state index contributed by atoms with van der Waals surface area (Å²) < 4.78 is 26.3. The molecular weight excluding hydrogens is 264 g/mol. The summed E-state index contributed by atoms with van der Waals surface area (Å²) >= 11 is 0. The van der Waals surface area contributed by atoms with Crippen molar-refractivity contribution in [2.45, 2.75) is 43.9 Å². The third-order valence-electron chi connectivity index (χ3n) is 4.29. The predicted molar refractivity (Wildman–Crippen MR) is 71.5 cm³/mol. The molecule has 1 aromatic heterocycles. The Morgan fingerprint density at radius 3 is 2.95 bits per heavy atom. The van der Waals surface area contributed by atoms with Gasteiger partial charge in [-0.2, -0.15) is 0 Å². The van der Waals surface area contributed by atoms with E-state index in [0.29, 0.717) is 17.9 Å². The zero-order chi connectivity index (χ0) is 13.5. The zero-order valence-electron chi connectivity index (χ0n) is 11.0. The third kappa shape index (κ3) is 2.43. The quantitative estimate of drug-likeness (QED) is 0.882. The second-order valence-electron chi connectivity index (χ2n) is 5.67. The van der Waals surface area contributed by atoms with Gasteiger partial charge in [0.15, 0.2) is 9.84 Å². The molecule has 0 spiro atoms. The van der Waals surface area contributed by atoms with Crippen LogP contribution in [0.25, 0.3) is 0 Å². The Morgan fingerprint density at radius 2 is 2.21 bits per heavy atom. The minimum Gasteiger partial charge on any atom is -0.396 e. The van der Waals surface area contributed by atoms with Crippen LogP contribution in [0, 0.1) is 5.92 Å². The molecule has 1 fully saturated rings. The maximum Gasteiger partial charge on any atom is 0.158 e. The van der Waals surface area contributed by atoms with E-state index in [-0.39, 0.29) is 12.5 Å². The molecule has 3 heterocycles. The molecule has 106 valence electrons. The van der Waals surface area contributed by atoms with Crippen LogP contribution < -0.4 is 0 Å². The summed E-state index contributed by atoms with van der Waals surface area (Å²) in [6, 6.07) is 0. The number of aliphatic hydroxyl groups is 1. The van der Waals surface area contributed by atoms with E-state index in [1.807, 2.05) is 6.20 Å². The van der Waals surface area contributed by atoms with Crippen LogP contribution >= 0.6 is 0 Å². The molecule has 1 aromatic rings. The minimum atomic E-state index is -3.02. The van der Waals surface area contributed by atoms with E-state index in [9.17, 15) is 13.5 Å². The van der Waals surface area contributed by atoms with Crippen LogP contribution in [0.15, 0.2) is 6.20 Å². The van der Waals surface area contributed by atoms with E-state index >= 15 is 0 Å². The molecule has 0 aliphatic carbocycles. The molecular formula is C13H20N2O3S. The first-order valence-corrected chi connectivity index (χ1v) is 8.70. The molecule has 0 radical (unpaired) electrons. The van der Waals surface area contributed by atoms with Gasteiger partial charge in [-0.1, -0.05) is 6.42 Å². The number of hydrogen-bond acceptors (Lipinski definition) is 4. The lowest BCUT2D eigenvalue weighted by atomic mass is 9.99. The Morgan fingerprint density at radius 1 is 1.37 bits per heavy atom. The summed E-state index contributed by atoms with van der Waals surface area (Å²) in [6.07, 6.45) is 6.04. The highest BCUT2D eigenvalue weighted by molar-refractivity contribution is 7.91. The van der Waals surface area contributed by atoms with E-state index in [1.54, 1.807) is 0 Å². The average molecular weight is 284 g/mol. The fraction of sp³-hybridized carbons (Fsp3) is 0.769. The van der Waals surface area contributed by atoms with Crippen LogP contribution in [0.4, 0.5) is 0 Å². The molecule has 3 rings (SSSR count).